The van der Waals surface area contributed by atoms with Crippen LogP contribution in [0.3, 0.4) is 0 Å². The van der Waals surface area contributed by atoms with Crippen LogP contribution in [0.5, 0.6) is 0 Å². The predicted octanol–water partition coefficient (Wildman–Crippen LogP) is 3.18. The summed E-state index contributed by atoms with van der Waals surface area (Å²) in [7, 11) is -0.312. The second-order valence-corrected chi connectivity index (χ2v) is 9.25. The summed E-state index contributed by atoms with van der Waals surface area (Å²) >= 11 is 0. The van der Waals surface area contributed by atoms with Crippen LogP contribution >= 0.6 is 0 Å². The minimum atomic E-state index is -0.318. The van der Waals surface area contributed by atoms with Gasteiger partial charge in [0.15, 0.2) is 0 Å². The van der Waals surface area contributed by atoms with E-state index in [1.54, 1.807) is 0 Å². The highest BCUT2D eigenvalue weighted by atomic mass is 16.7. The Morgan fingerprint density at radius 3 is 1.97 bits per heavy atom. The molecule has 0 atom stereocenters. The summed E-state index contributed by atoms with van der Waals surface area (Å²) < 4.78 is 12.3. The molecule has 0 N–H and O–H groups in total. The van der Waals surface area contributed by atoms with Crippen LogP contribution in [0.4, 0.5) is 5.69 Å². The van der Waals surface area contributed by atoms with Gasteiger partial charge in [-0.2, -0.15) is 5.26 Å². The van der Waals surface area contributed by atoms with Gasteiger partial charge >= 0.3 is 7.12 Å². The Bertz CT molecular complexity index is 895. The molecular formula is C24H30BN3O2. The topological polar surface area (TPSA) is 48.7 Å². The van der Waals surface area contributed by atoms with Crippen molar-refractivity contribution in [1.29, 1.82) is 5.26 Å². The number of nitrogens with zero attached hydrogens (tertiary/aromatic N) is 3. The highest BCUT2D eigenvalue weighted by Gasteiger charge is 2.51. The zero-order chi connectivity index (χ0) is 21.4. The Hall–Kier alpha value is -2.33. The molecule has 2 saturated heterocycles. The summed E-state index contributed by atoms with van der Waals surface area (Å²) in [5.74, 6) is 0. The van der Waals surface area contributed by atoms with E-state index >= 15 is 0 Å². The molecule has 2 aliphatic rings. The van der Waals surface area contributed by atoms with Crippen molar-refractivity contribution in [1.82, 2.24) is 4.90 Å². The Morgan fingerprint density at radius 2 is 1.43 bits per heavy atom. The lowest BCUT2D eigenvalue weighted by Gasteiger charge is -2.36. The van der Waals surface area contributed by atoms with Gasteiger partial charge in [0.2, 0.25) is 0 Å². The number of rotatable bonds is 4. The summed E-state index contributed by atoms with van der Waals surface area (Å²) in [6.45, 7) is 13.3. The lowest BCUT2D eigenvalue weighted by atomic mass is 9.79. The second-order valence-electron chi connectivity index (χ2n) is 9.25. The van der Waals surface area contributed by atoms with Crippen molar-refractivity contribution in [2.75, 3.05) is 31.1 Å². The summed E-state index contributed by atoms with van der Waals surface area (Å²) in [6, 6.07) is 18.7. The second kappa shape index (κ2) is 8.07. The van der Waals surface area contributed by atoms with E-state index in [1.165, 1.54) is 11.3 Å². The van der Waals surface area contributed by atoms with Crippen LogP contribution in [0.1, 0.15) is 38.8 Å². The molecular weight excluding hydrogens is 373 g/mol. The van der Waals surface area contributed by atoms with Gasteiger partial charge in [0.1, 0.15) is 0 Å². The Morgan fingerprint density at radius 1 is 0.867 bits per heavy atom. The minimum absolute atomic E-state index is 0.312. The van der Waals surface area contributed by atoms with Crippen molar-refractivity contribution < 1.29 is 9.31 Å². The lowest BCUT2D eigenvalue weighted by Crippen LogP contribution is -2.46. The van der Waals surface area contributed by atoms with Gasteiger partial charge in [-0.05, 0) is 63.0 Å². The molecule has 0 radical (unpaired) electrons. The highest BCUT2D eigenvalue weighted by molar-refractivity contribution is 6.62. The molecule has 0 aromatic heterocycles. The van der Waals surface area contributed by atoms with E-state index < -0.39 is 0 Å². The van der Waals surface area contributed by atoms with Crippen LogP contribution in [0, 0.1) is 11.3 Å². The molecule has 6 heteroatoms. The van der Waals surface area contributed by atoms with Gasteiger partial charge in [-0.3, -0.25) is 4.90 Å². The van der Waals surface area contributed by atoms with E-state index in [9.17, 15) is 0 Å². The van der Waals surface area contributed by atoms with Crippen LogP contribution in [-0.2, 0) is 15.9 Å². The van der Waals surface area contributed by atoms with Crippen LogP contribution in [-0.4, -0.2) is 49.4 Å². The predicted molar refractivity (Wildman–Crippen MR) is 121 cm³/mol. The van der Waals surface area contributed by atoms with Gasteiger partial charge in [0.25, 0.3) is 0 Å². The van der Waals surface area contributed by atoms with E-state index in [2.05, 4.69) is 80.0 Å². The third kappa shape index (κ3) is 4.25. The Kier molecular flexibility index (Phi) is 5.63. The lowest BCUT2D eigenvalue weighted by molar-refractivity contribution is 0.00578. The van der Waals surface area contributed by atoms with Gasteiger partial charge in [-0.25, -0.2) is 0 Å². The Balaban J connectivity index is 1.32. The highest BCUT2D eigenvalue weighted by Crippen LogP contribution is 2.36. The smallest absolute Gasteiger partial charge is 0.399 e. The van der Waals surface area contributed by atoms with Gasteiger partial charge in [0.05, 0.1) is 22.8 Å². The minimum Gasteiger partial charge on any atom is -0.399 e. The molecule has 0 saturated carbocycles. The maximum atomic E-state index is 8.93. The molecule has 2 aliphatic heterocycles. The van der Waals surface area contributed by atoms with Crippen molar-refractivity contribution in [3.8, 4) is 6.07 Å². The van der Waals surface area contributed by atoms with E-state index in [4.69, 9.17) is 14.6 Å². The normalized spacial score (nSPS) is 20.9. The summed E-state index contributed by atoms with van der Waals surface area (Å²) in [5.41, 5.74) is 3.65. The molecule has 0 bridgehead atoms. The molecule has 2 heterocycles. The Labute approximate surface area is 180 Å². The van der Waals surface area contributed by atoms with Crippen LogP contribution < -0.4 is 10.4 Å². The van der Waals surface area contributed by atoms with Crippen molar-refractivity contribution in [3.05, 3.63) is 59.7 Å². The SMILES string of the molecule is CC1(C)OB(c2ccc(N3CCN(Cc4ccc(C#N)cc4)CC3)cc2)OC1(C)C. The van der Waals surface area contributed by atoms with E-state index in [-0.39, 0.29) is 18.3 Å². The molecule has 4 rings (SSSR count). The quantitative estimate of drug-likeness (QED) is 0.734. The zero-order valence-corrected chi connectivity index (χ0v) is 18.4. The van der Waals surface area contributed by atoms with Gasteiger partial charge < -0.3 is 14.2 Å². The first kappa shape index (κ1) is 20.9. The molecule has 156 valence electrons. The molecule has 0 spiro atoms. The maximum Gasteiger partial charge on any atom is 0.494 e. The first-order valence-electron chi connectivity index (χ1n) is 10.7. The number of nitriles is 1. The van der Waals surface area contributed by atoms with Crippen LogP contribution in [0.15, 0.2) is 48.5 Å². The monoisotopic (exact) mass is 403 g/mol. The van der Waals surface area contributed by atoms with Crippen molar-refractivity contribution >= 4 is 18.3 Å². The number of hydrogen-bond donors (Lipinski definition) is 0. The van der Waals surface area contributed by atoms with Gasteiger partial charge in [-0.1, -0.05) is 24.3 Å². The molecule has 0 amide bonds. The number of hydrogen-bond acceptors (Lipinski definition) is 5. The number of piperazine rings is 1. The van der Waals surface area contributed by atoms with Crippen molar-refractivity contribution in [2.45, 2.75) is 45.4 Å². The molecule has 0 aliphatic carbocycles. The van der Waals surface area contributed by atoms with E-state index in [1.807, 2.05) is 12.1 Å². The van der Waals surface area contributed by atoms with Gasteiger partial charge in [-0.15, -0.1) is 0 Å². The van der Waals surface area contributed by atoms with Crippen molar-refractivity contribution in [2.24, 2.45) is 0 Å². The average Bonchev–Trinajstić information content (AvgIpc) is 2.96. The van der Waals surface area contributed by atoms with Crippen molar-refractivity contribution in [3.63, 3.8) is 0 Å². The largest absolute Gasteiger partial charge is 0.494 e. The third-order valence-corrected chi connectivity index (χ3v) is 6.65. The number of benzene rings is 2. The standard InChI is InChI=1S/C24H30BN3O2/c1-23(2)24(3,4)30-25(29-23)21-9-11-22(12-10-21)28-15-13-27(14-16-28)18-20-7-5-19(17-26)6-8-20/h5-12H,13-16,18H2,1-4H3. The molecule has 5 nitrogen and oxygen atoms in total. The molecule has 2 aromatic carbocycles. The summed E-state index contributed by atoms with van der Waals surface area (Å²) in [5, 5.41) is 8.93. The summed E-state index contributed by atoms with van der Waals surface area (Å²) in [4.78, 5) is 4.90. The molecule has 0 unspecified atom stereocenters. The fraction of sp³-hybridized carbons (Fsp3) is 0.458. The van der Waals surface area contributed by atoms with Crippen LogP contribution in [0.2, 0.25) is 0 Å². The van der Waals surface area contributed by atoms with E-state index in [0.29, 0.717) is 5.56 Å². The maximum absolute atomic E-state index is 8.93. The zero-order valence-electron chi connectivity index (χ0n) is 18.4. The average molecular weight is 403 g/mol. The molecule has 2 fully saturated rings. The fourth-order valence-corrected chi connectivity index (χ4v) is 3.93. The first-order chi connectivity index (χ1) is 14.3. The molecule has 2 aromatic rings. The third-order valence-electron chi connectivity index (χ3n) is 6.65. The first-order valence-corrected chi connectivity index (χ1v) is 10.7. The van der Waals surface area contributed by atoms with E-state index in [0.717, 1.165) is 38.2 Å². The van der Waals surface area contributed by atoms with Gasteiger partial charge in [0, 0.05) is 38.4 Å². The summed E-state index contributed by atoms with van der Waals surface area (Å²) in [6.07, 6.45) is 0. The fourth-order valence-electron chi connectivity index (χ4n) is 3.93. The van der Waals surface area contributed by atoms with Crippen LogP contribution in [0.25, 0.3) is 0 Å². The number of anilines is 1. The molecule has 30 heavy (non-hydrogen) atoms.